The molecule has 0 saturated heterocycles. The zero-order chi connectivity index (χ0) is 15.7. The van der Waals surface area contributed by atoms with Crippen molar-refractivity contribution in [3.8, 4) is 0 Å². The van der Waals surface area contributed by atoms with Gasteiger partial charge in [0, 0.05) is 19.8 Å². The first-order chi connectivity index (χ1) is 9.22. The Morgan fingerprint density at radius 3 is 1.65 bits per heavy atom. The number of nitrogens with zero attached hydrogens (tertiary/aromatic N) is 1. The Bertz CT molecular complexity index is 319. The number of carbonyl (C=O) groups is 1. The van der Waals surface area contributed by atoms with Crippen molar-refractivity contribution >= 4 is 5.91 Å². The van der Waals surface area contributed by atoms with Gasteiger partial charge in [-0.15, -0.1) is 0 Å². The summed E-state index contributed by atoms with van der Waals surface area (Å²) in [5.41, 5.74) is 0. The van der Waals surface area contributed by atoms with Crippen LogP contribution in [0.3, 0.4) is 0 Å². The van der Waals surface area contributed by atoms with Crippen molar-refractivity contribution in [1.82, 2.24) is 5.23 Å². The maximum absolute atomic E-state index is 11.2. The highest BCUT2D eigenvalue weighted by molar-refractivity contribution is 5.70. The van der Waals surface area contributed by atoms with E-state index in [1.165, 1.54) is 0 Å². The van der Waals surface area contributed by atoms with Gasteiger partial charge >= 0.3 is 0 Å². The van der Waals surface area contributed by atoms with Crippen LogP contribution < -0.4 is 0 Å². The van der Waals surface area contributed by atoms with Crippen LogP contribution in [0.5, 0.6) is 0 Å². The summed E-state index contributed by atoms with van der Waals surface area (Å²) in [6, 6.07) is 0. The van der Waals surface area contributed by atoms with Crippen LogP contribution in [0.2, 0.25) is 0 Å². The van der Waals surface area contributed by atoms with Gasteiger partial charge in [-0.3, -0.25) is 4.79 Å². The minimum Gasteiger partial charge on any atom is -0.513 e. The van der Waals surface area contributed by atoms with Gasteiger partial charge in [-0.25, -0.2) is 9.68 Å². The first-order valence-electron chi connectivity index (χ1n) is 5.88. The summed E-state index contributed by atoms with van der Waals surface area (Å²) in [4.78, 5) is 21.0. The van der Waals surface area contributed by atoms with Crippen molar-refractivity contribution in [3.63, 3.8) is 0 Å². The Kier molecular flexibility index (Phi) is 8.57. The molecule has 0 bridgehead atoms. The third kappa shape index (κ3) is 9.34. The number of hydrogen-bond donors (Lipinski definition) is 4. The summed E-state index contributed by atoms with van der Waals surface area (Å²) in [7, 11) is 0. The van der Waals surface area contributed by atoms with Gasteiger partial charge in [0.2, 0.25) is 0 Å². The number of aliphatic hydroxyl groups excluding tert-OH is 4. The van der Waals surface area contributed by atoms with Gasteiger partial charge in [0.25, 0.3) is 5.91 Å². The van der Waals surface area contributed by atoms with E-state index in [1.54, 1.807) is 0 Å². The molecule has 0 aliphatic rings. The van der Waals surface area contributed by atoms with E-state index in [1.807, 2.05) is 0 Å². The van der Waals surface area contributed by atoms with Gasteiger partial charge in [0.1, 0.15) is 13.2 Å². The van der Waals surface area contributed by atoms with Crippen molar-refractivity contribution in [1.29, 1.82) is 0 Å². The highest BCUT2D eigenvalue weighted by Gasteiger charge is 2.16. The van der Waals surface area contributed by atoms with Crippen molar-refractivity contribution in [2.45, 2.75) is 32.0 Å². The van der Waals surface area contributed by atoms with Crippen LogP contribution in [0.4, 0.5) is 0 Å². The largest absolute Gasteiger partial charge is 0.513 e. The van der Waals surface area contributed by atoms with E-state index >= 15 is 0 Å². The molecule has 0 radical (unpaired) electrons. The van der Waals surface area contributed by atoms with Crippen LogP contribution in [-0.4, -0.2) is 57.0 Å². The summed E-state index contributed by atoms with van der Waals surface area (Å²) in [6.45, 7) is 6.97. The van der Waals surface area contributed by atoms with Gasteiger partial charge in [-0.05, 0) is 0 Å². The molecule has 0 spiro atoms. The van der Waals surface area contributed by atoms with E-state index in [0.29, 0.717) is 5.23 Å². The lowest BCUT2D eigenvalue weighted by Gasteiger charge is -2.22. The number of amides is 1. The van der Waals surface area contributed by atoms with Crippen LogP contribution in [-0.2, 0) is 14.5 Å². The molecule has 116 valence electrons. The molecule has 2 unspecified atom stereocenters. The number of carbonyl (C=O) groups excluding carboxylic acids is 1. The van der Waals surface area contributed by atoms with E-state index in [4.69, 9.17) is 19.9 Å². The fourth-order valence-corrected chi connectivity index (χ4v) is 1.19. The van der Waals surface area contributed by atoms with Crippen molar-refractivity contribution in [3.05, 3.63) is 24.7 Å². The summed E-state index contributed by atoms with van der Waals surface area (Å²) in [6.07, 6.45) is -2.31. The number of rotatable bonds is 10. The Labute approximate surface area is 117 Å². The molecule has 0 heterocycles. The lowest BCUT2D eigenvalue weighted by Crippen LogP contribution is -2.35. The van der Waals surface area contributed by atoms with E-state index in [9.17, 15) is 15.0 Å². The third-order valence-electron chi connectivity index (χ3n) is 1.97. The Morgan fingerprint density at radius 2 is 1.40 bits per heavy atom. The highest BCUT2D eigenvalue weighted by Crippen LogP contribution is 2.05. The fraction of sp³-hybridized carbons (Fsp3) is 0.583. The summed E-state index contributed by atoms with van der Waals surface area (Å²) >= 11 is 0. The quantitative estimate of drug-likeness (QED) is 0.338. The molecule has 0 rings (SSSR count). The minimum absolute atomic E-state index is 0.0985. The molecule has 0 saturated carbocycles. The van der Waals surface area contributed by atoms with Crippen LogP contribution in [0.1, 0.15) is 19.8 Å². The molecule has 0 aliphatic heterocycles. The third-order valence-corrected chi connectivity index (χ3v) is 1.97. The molecule has 0 aromatic carbocycles. The second-order valence-electron chi connectivity index (χ2n) is 4.22. The van der Waals surface area contributed by atoms with E-state index in [2.05, 4.69) is 13.2 Å². The second-order valence-corrected chi connectivity index (χ2v) is 4.22. The minimum atomic E-state index is -1.06. The average Bonchev–Trinajstić information content (AvgIpc) is 2.26. The normalized spacial score (nSPS) is 13.6. The van der Waals surface area contributed by atoms with Gasteiger partial charge in [0.15, 0.2) is 0 Å². The molecule has 2 atom stereocenters. The molecule has 0 aromatic heterocycles. The number of hydroxylamine groups is 2. The van der Waals surface area contributed by atoms with Crippen LogP contribution in [0.15, 0.2) is 24.7 Å². The van der Waals surface area contributed by atoms with Gasteiger partial charge in [-0.1, -0.05) is 18.4 Å². The van der Waals surface area contributed by atoms with Gasteiger partial charge in [0.05, 0.1) is 23.7 Å². The van der Waals surface area contributed by atoms with Crippen molar-refractivity contribution in [2.24, 2.45) is 0 Å². The van der Waals surface area contributed by atoms with Crippen molar-refractivity contribution < 1.29 is 34.9 Å². The van der Waals surface area contributed by atoms with Gasteiger partial charge < -0.3 is 20.4 Å². The lowest BCUT2D eigenvalue weighted by molar-refractivity contribution is -0.351. The number of hydrogen-bond acceptors (Lipinski definition) is 7. The molecule has 0 fully saturated rings. The predicted octanol–water partition coefficient (Wildman–Crippen LogP) is 0.343. The Balaban J connectivity index is 4.14. The highest BCUT2D eigenvalue weighted by atomic mass is 17.0. The molecule has 8 nitrogen and oxygen atoms in total. The predicted molar refractivity (Wildman–Crippen MR) is 69.2 cm³/mol. The zero-order valence-corrected chi connectivity index (χ0v) is 11.4. The molecule has 20 heavy (non-hydrogen) atoms. The smallest absolute Gasteiger partial charge is 0.270 e. The summed E-state index contributed by atoms with van der Waals surface area (Å²) in [5, 5.41) is 37.1. The summed E-state index contributed by atoms with van der Waals surface area (Å²) < 4.78 is 0. The molecule has 0 aromatic rings. The molecular weight excluding hydrogens is 270 g/mol. The monoisotopic (exact) mass is 291 g/mol. The van der Waals surface area contributed by atoms with E-state index < -0.39 is 18.1 Å². The topological polar surface area (TPSA) is 120 Å². The maximum atomic E-state index is 11.2. The molecule has 1 amide bonds. The van der Waals surface area contributed by atoms with Crippen LogP contribution >= 0.6 is 0 Å². The van der Waals surface area contributed by atoms with Gasteiger partial charge in [-0.2, -0.15) is 0 Å². The standard InChI is InChI=1S/C12H21NO7/c1-8(14)4-11(17)6-19-13(10(3)16)20-7-12(18)5-9(2)15/h11-12,14-15,17-18H,1-2,4-7H2,3H3. The first kappa shape index (κ1) is 18.4. The average molecular weight is 291 g/mol. The molecule has 8 heteroatoms. The van der Waals surface area contributed by atoms with Crippen molar-refractivity contribution in [2.75, 3.05) is 13.2 Å². The Hall–Kier alpha value is -1.61. The van der Waals surface area contributed by atoms with Crippen LogP contribution in [0.25, 0.3) is 0 Å². The maximum Gasteiger partial charge on any atom is 0.270 e. The summed E-state index contributed by atoms with van der Waals surface area (Å²) in [5.74, 6) is -1.03. The zero-order valence-electron chi connectivity index (χ0n) is 11.4. The van der Waals surface area contributed by atoms with E-state index in [-0.39, 0.29) is 37.6 Å². The van der Waals surface area contributed by atoms with Crippen LogP contribution in [0, 0.1) is 0 Å². The first-order valence-corrected chi connectivity index (χ1v) is 5.88. The SMILES string of the molecule is C=C(O)CC(O)CON(OCC(O)CC(=C)O)C(C)=O. The number of aliphatic hydroxyl groups is 4. The fourth-order valence-electron chi connectivity index (χ4n) is 1.19. The molecule has 0 aliphatic carbocycles. The Morgan fingerprint density at radius 1 is 1.05 bits per heavy atom. The molecule has 4 N–H and O–H groups in total. The lowest BCUT2D eigenvalue weighted by atomic mass is 10.2. The van der Waals surface area contributed by atoms with E-state index in [0.717, 1.165) is 6.92 Å². The molecular formula is C12H21NO7. The second kappa shape index (κ2) is 9.32.